The molecule has 2 aromatic carbocycles. The first-order valence-electron chi connectivity index (χ1n) is 10.6. The molecule has 2 N–H and O–H groups in total. The van der Waals surface area contributed by atoms with E-state index in [1.165, 1.54) is 13.2 Å². The third kappa shape index (κ3) is 4.56. The van der Waals surface area contributed by atoms with E-state index < -0.39 is 46.4 Å². The maximum Gasteiger partial charge on any atom is 0.296 e. The largest absolute Gasteiger partial charge is 0.501 e. The number of carbonyl (C=O) groups excluding carboxylic acids is 1. The van der Waals surface area contributed by atoms with Crippen LogP contribution in [0.5, 0.6) is 5.75 Å². The molecule has 0 saturated carbocycles. The number of amides is 1. The Labute approximate surface area is 203 Å². The third-order valence-electron chi connectivity index (χ3n) is 5.75. The Bertz CT molecular complexity index is 1520. The van der Waals surface area contributed by atoms with E-state index in [0.29, 0.717) is 5.56 Å². The molecule has 4 aromatic rings. The minimum absolute atomic E-state index is 0.0442. The van der Waals surface area contributed by atoms with Crippen LogP contribution in [0.4, 0.5) is 20.2 Å². The summed E-state index contributed by atoms with van der Waals surface area (Å²) in [5, 5.41) is 16.3. The molecule has 2 heterocycles. The van der Waals surface area contributed by atoms with Crippen LogP contribution in [0, 0.1) is 18.2 Å². The first-order chi connectivity index (χ1) is 17.2. The van der Waals surface area contributed by atoms with Crippen LogP contribution in [-0.2, 0) is 7.05 Å². The Morgan fingerprint density at radius 1 is 1.22 bits per heavy atom. The van der Waals surface area contributed by atoms with Gasteiger partial charge in [-0.25, -0.2) is 18.6 Å². The average molecular weight is 491 g/mol. The van der Waals surface area contributed by atoms with Crippen molar-refractivity contribution in [3.63, 3.8) is 0 Å². The summed E-state index contributed by atoms with van der Waals surface area (Å²) in [5.74, 6) is -4.98. The fraction of sp³-hybridized carbons (Fsp3) is 0.160. The number of aromatic hydroxyl groups is 1. The molecule has 4 rings (SSSR count). The van der Waals surface area contributed by atoms with Crippen LogP contribution in [0.15, 0.2) is 64.2 Å². The first-order valence-corrected chi connectivity index (χ1v) is 10.6. The van der Waals surface area contributed by atoms with Gasteiger partial charge in [-0.2, -0.15) is 0 Å². The Hall–Kier alpha value is -4.85. The van der Waals surface area contributed by atoms with Crippen molar-refractivity contribution in [2.75, 3.05) is 5.32 Å². The summed E-state index contributed by atoms with van der Waals surface area (Å²) >= 11 is 0. The molecule has 0 unspecified atom stereocenters. The van der Waals surface area contributed by atoms with Crippen LogP contribution in [0.2, 0.25) is 0 Å². The van der Waals surface area contributed by atoms with Crippen molar-refractivity contribution in [3.05, 3.63) is 111 Å². The predicted molar refractivity (Wildman–Crippen MR) is 125 cm³/mol. The Kier molecular flexibility index (Phi) is 6.60. The van der Waals surface area contributed by atoms with Gasteiger partial charge in [0.05, 0.1) is 12.8 Å². The third-order valence-corrected chi connectivity index (χ3v) is 5.75. The molecule has 2 aromatic heterocycles. The van der Waals surface area contributed by atoms with Crippen LogP contribution in [0.1, 0.15) is 46.2 Å². The van der Waals surface area contributed by atoms with Gasteiger partial charge in [-0.3, -0.25) is 14.2 Å². The number of benzene rings is 2. The summed E-state index contributed by atoms with van der Waals surface area (Å²) in [4.78, 5) is 33.4. The average Bonchev–Trinajstić information content (AvgIpc) is 3.35. The molecular weight excluding hydrogens is 472 g/mol. The minimum Gasteiger partial charge on any atom is -0.501 e. The van der Waals surface area contributed by atoms with E-state index in [4.69, 9.17) is 6.57 Å². The predicted octanol–water partition coefficient (Wildman–Crippen LogP) is 4.49. The number of halogens is 2. The van der Waals surface area contributed by atoms with Crippen molar-refractivity contribution < 1.29 is 23.2 Å². The minimum atomic E-state index is -0.898. The summed E-state index contributed by atoms with van der Waals surface area (Å²) < 4.78 is 34.2. The second-order valence-corrected chi connectivity index (χ2v) is 8.04. The molecule has 0 spiro atoms. The smallest absolute Gasteiger partial charge is 0.296 e. The van der Waals surface area contributed by atoms with Gasteiger partial charge in [0.2, 0.25) is 5.75 Å². The molecule has 2 atom stereocenters. The Morgan fingerprint density at radius 3 is 2.56 bits per heavy atom. The number of para-hydroxylation sites is 1. The zero-order valence-electron chi connectivity index (χ0n) is 19.1. The second kappa shape index (κ2) is 9.79. The maximum absolute atomic E-state index is 14.2. The molecule has 0 fully saturated rings. The molecule has 0 aliphatic heterocycles. The molecule has 11 heteroatoms. The van der Waals surface area contributed by atoms with E-state index in [1.54, 1.807) is 31.2 Å². The van der Waals surface area contributed by atoms with Gasteiger partial charge in [0, 0.05) is 24.9 Å². The number of rotatable bonds is 6. The van der Waals surface area contributed by atoms with E-state index in [0.717, 1.165) is 29.0 Å². The van der Waals surface area contributed by atoms with Crippen LogP contribution in [-0.4, -0.2) is 25.7 Å². The highest BCUT2D eigenvalue weighted by Crippen LogP contribution is 2.42. The van der Waals surface area contributed by atoms with E-state index in [2.05, 4.69) is 24.8 Å². The van der Waals surface area contributed by atoms with Gasteiger partial charge in [0.15, 0.2) is 11.4 Å². The van der Waals surface area contributed by atoms with E-state index in [9.17, 15) is 23.5 Å². The highest BCUT2D eigenvalue weighted by molar-refractivity contribution is 6.04. The topological polar surface area (TPSA) is 115 Å². The van der Waals surface area contributed by atoms with Gasteiger partial charge in [-0.05, 0) is 23.3 Å². The molecule has 0 radical (unpaired) electrons. The van der Waals surface area contributed by atoms with Crippen molar-refractivity contribution in [3.8, 4) is 5.75 Å². The molecule has 36 heavy (non-hydrogen) atoms. The first kappa shape index (κ1) is 24.3. The number of anilines is 1. The molecule has 0 aliphatic carbocycles. The molecule has 182 valence electrons. The van der Waals surface area contributed by atoms with Gasteiger partial charge in [-0.15, -0.1) is 0 Å². The van der Waals surface area contributed by atoms with Crippen LogP contribution < -0.4 is 10.9 Å². The summed E-state index contributed by atoms with van der Waals surface area (Å²) in [5.41, 5.74) is -0.380. The van der Waals surface area contributed by atoms with Gasteiger partial charge < -0.3 is 14.9 Å². The van der Waals surface area contributed by atoms with E-state index in [1.807, 2.05) is 0 Å². The molecule has 0 aliphatic rings. The van der Waals surface area contributed by atoms with Gasteiger partial charge in [0.1, 0.15) is 29.4 Å². The standard InChI is InChI=1S/C25H19F2N5O4/c1-13(20(14-8-15(26)10-16(27)9-14)18-6-4-5-7-19(18)28-2)23-31-21(22(33)25(35)32(23)3)24(34)30-17-11-29-36-12-17/h4-13,20,33H,1,3H3,(H,30,34)/t13-,20-/m1/s1. The normalized spacial score (nSPS) is 12.5. The molecule has 0 saturated heterocycles. The fourth-order valence-electron chi connectivity index (χ4n) is 4.12. The lowest BCUT2D eigenvalue weighted by atomic mass is 9.80. The lowest BCUT2D eigenvalue weighted by Gasteiger charge is -2.27. The molecule has 0 bridgehead atoms. The zero-order valence-corrected chi connectivity index (χ0v) is 19.1. The van der Waals surface area contributed by atoms with E-state index in [-0.39, 0.29) is 22.8 Å². The maximum atomic E-state index is 14.2. The van der Waals surface area contributed by atoms with Gasteiger partial charge in [-0.1, -0.05) is 36.3 Å². The molecular formula is C25H19F2N5O4. The SMILES string of the molecule is [C-]#[N+]c1ccccc1[C@@H](c1cc(F)cc(F)c1)[C@@H](C)c1nc(C(=O)Nc2cnoc2)c(O)c(=O)n1C. The fourth-order valence-corrected chi connectivity index (χ4v) is 4.12. The Balaban J connectivity index is 1.90. The Morgan fingerprint density at radius 2 is 1.92 bits per heavy atom. The van der Waals surface area contributed by atoms with Gasteiger partial charge in [0.25, 0.3) is 11.5 Å². The second-order valence-electron chi connectivity index (χ2n) is 8.04. The van der Waals surface area contributed by atoms with Crippen molar-refractivity contribution in [2.24, 2.45) is 7.05 Å². The van der Waals surface area contributed by atoms with Crippen molar-refractivity contribution >= 4 is 17.3 Å². The monoisotopic (exact) mass is 491 g/mol. The highest BCUT2D eigenvalue weighted by Gasteiger charge is 2.31. The summed E-state index contributed by atoms with van der Waals surface area (Å²) in [7, 11) is 1.35. The number of aromatic nitrogens is 3. The van der Waals surface area contributed by atoms with Crippen LogP contribution in [0.3, 0.4) is 0 Å². The number of hydrogen-bond acceptors (Lipinski definition) is 6. The van der Waals surface area contributed by atoms with Crippen molar-refractivity contribution in [1.82, 2.24) is 14.7 Å². The summed E-state index contributed by atoms with van der Waals surface area (Å²) in [6.45, 7) is 9.21. The number of nitrogens with zero attached hydrogens (tertiary/aromatic N) is 4. The molecule has 9 nitrogen and oxygen atoms in total. The number of nitrogens with one attached hydrogen (secondary N) is 1. The van der Waals surface area contributed by atoms with Gasteiger partial charge >= 0.3 is 0 Å². The number of hydrogen-bond donors (Lipinski definition) is 2. The van der Waals surface area contributed by atoms with Crippen molar-refractivity contribution in [2.45, 2.75) is 18.8 Å². The summed E-state index contributed by atoms with van der Waals surface area (Å²) in [6, 6.07) is 9.57. The van der Waals surface area contributed by atoms with Crippen molar-refractivity contribution in [1.29, 1.82) is 0 Å². The van der Waals surface area contributed by atoms with E-state index >= 15 is 0 Å². The zero-order chi connectivity index (χ0) is 26.0. The summed E-state index contributed by atoms with van der Waals surface area (Å²) in [6.07, 6.45) is 2.37. The lowest BCUT2D eigenvalue weighted by molar-refractivity contribution is 0.101. The van der Waals surface area contributed by atoms with Crippen LogP contribution in [0.25, 0.3) is 4.85 Å². The lowest BCUT2D eigenvalue weighted by Crippen LogP contribution is -2.29. The molecule has 1 amide bonds. The van der Waals surface area contributed by atoms with Crippen LogP contribution >= 0.6 is 0 Å². The number of carbonyl (C=O) groups is 1. The highest BCUT2D eigenvalue weighted by atomic mass is 19.1. The quantitative estimate of drug-likeness (QED) is 0.384.